The summed E-state index contributed by atoms with van der Waals surface area (Å²) in [6.07, 6.45) is 3.25. The Morgan fingerprint density at radius 2 is 2.25 bits per heavy atom. The number of carbonyl (C=O) groups is 1. The van der Waals surface area contributed by atoms with Crippen LogP contribution in [-0.2, 0) is 4.79 Å². The Kier molecular flexibility index (Phi) is 3.69. The number of hydrogen-bond acceptors (Lipinski definition) is 4. The summed E-state index contributed by atoms with van der Waals surface area (Å²) in [5.74, 6) is 0.537. The van der Waals surface area contributed by atoms with E-state index in [2.05, 4.69) is 20.6 Å². The van der Waals surface area contributed by atoms with E-state index in [1.54, 1.807) is 6.07 Å². The molecule has 0 radical (unpaired) electrons. The van der Waals surface area contributed by atoms with Gasteiger partial charge < -0.3 is 10.6 Å². The summed E-state index contributed by atoms with van der Waals surface area (Å²) in [5.41, 5.74) is 0. The van der Waals surface area contributed by atoms with Gasteiger partial charge in [-0.05, 0) is 43.6 Å². The van der Waals surface area contributed by atoms with Gasteiger partial charge in [0.05, 0.1) is 0 Å². The molecule has 1 aliphatic heterocycles. The van der Waals surface area contributed by atoms with Crippen molar-refractivity contribution in [2.24, 2.45) is 5.92 Å². The van der Waals surface area contributed by atoms with Crippen LogP contribution in [0, 0.1) is 5.92 Å². The fourth-order valence-electron chi connectivity index (χ4n) is 1.72. The SMILES string of the molecule is O=C(Nc1ccnc(Cl)n1)C1CCNCC1. The zero-order valence-corrected chi connectivity index (χ0v) is 9.50. The van der Waals surface area contributed by atoms with Gasteiger partial charge in [0, 0.05) is 12.1 Å². The van der Waals surface area contributed by atoms with Crippen LogP contribution >= 0.6 is 11.6 Å². The summed E-state index contributed by atoms with van der Waals surface area (Å²) in [4.78, 5) is 19.5. The van der Waals surface area contributed by atoms with E-state index in [0.29, 0.717) is 5.82 Å². The topological polar surface area (TPSA) is 66.9 Å². The van der Waals surface area contributed by atoms with Crippen molar-refractivity contribution in [2.45, 2.75) is 12.8 Å². The van der Waals surface area contributed by atoms with Crippen molar-refractivity contribution in [3.63, 3.8) is 0 Å². The van der Waals surface area contributed by atoms with Crippen LogP contribution in [0.4, 0.5) is 5.82 Å². The molecule has 0 aromatic carbocycles. The van der Waals surface area contributed by atoms with Crippen molar-refractivity contribution in [3.05, 3.63) is 17.5 Å². The van der Waals surface area contributed by atoms with E-state index in [9.17, 15) is 4.79 Å². The van der Waals surface area contributed by atoms with E-state index in [-0.39, 0.29) is 17.1 Å². The second kappa shape index (κ2) is 5.23. The Hall–Kier alpha value is -1.20. The van der Waals surface area contributed by atoms with Gasteiger partial charge in [-0.25, -0.2) is 9.97 Å². The number of nitrogens with zero attached hydrogens (tertiary/aromatic N) is 2. The number of carbonyl (C=O) groups excluding carboxylic acids is 1. The first kappa shape index (κ1) is 11.3. The molecule has 1 saturated heterocycles. The molecule has 0 unspecified atom stereocenters. The molecule has 0 atom stereocenters. The molecule has 0 bridgehead atoms. The molecular weight excluding hydrogens is 228 g/mol. The van der Waals surface area contributed by atoms with Crippen LogP contribution in [0.1, 0.15) is 12.8 Å². The van der Waals surface area contributed by atoms with Gasteiger partial charge in [-0.3, -0.25) is 4.79 Å². The molecule has 0 spiro atoms. The van der Waals surface area contributed by atoms with Crippen LogP contribution in [0.3, 0.4) is 0 Å². The van der Waals surface area contributed by atoms with Crippen molar-refractivity contribution in [1.29, 1.82) is 0 Å². The summed E-state index contributed by atoms with van der Waals surface area (Å²) < 4.78 is 0. The zero-order chi connectivity index (χ0) is 11.4. The first-order valence-corrected chi connectivity index (χ1v) is 5.63. The average Bonchev–Trinajstić information content (AvgIpc) is 2.30. The lowest BCUT2D eigenvalue weighted by Crippen LogP contribution is -2.34. The highest BCUT2D eigenvalue weighted by Crippen LogP contribution is 2.14. The van der Waals surface area contributed by atoms with Gasteiger partial charge >= 0.3 is 0 Å². The van der Waals surface area contributed by atoms with Crippen LogP contribution in [0.25, 0.3) is 0 Å². The molecule has 1 amide bonds. The van der Waals surface area contributed by atoms with Gasteiger partial charge in [-0.2, -0.15) is 0 Å². The molecule has 0 aliphatic carbocycles. The van der Waals surface area contributed by atoms with Crippen molar-refractivity contribution in [2.75, 3.05) is 18.4 Å². The molecule has 16 heavy (non-hydrogen) atoms. The third-order valence-corrected chi connectivity index (χ3v) is 2.77. The third kappa shape index (κ3) is 2.90. The average molecular weight is 241 g/mol. The van der Waals surface area contributed by atoms with Crippen LogP contribution in [-0.4, -0.2) is 29.0 Å². The Morgan fingerprint density at radius 3 is 2.94 bits per heavy atom. The summed E-state index contributed by atoms with van der Waals surface area (Å²) in [5, 5.41) is 6.11. The quantitative estimate of drug-likeness (QED) is 0.759. The number of nitrogens with one attached hydrogen (secondary N) is 2. The van der Waals surface area contributed by atoms with Gasteiger partial charge in [0.25, 0.3) is 0 Å². The molecular formula is C10H13ClN4O. The third-order valence-electron chi connectivity index (χ3n) is 2.59. The van der Waals surface area contributed by atoms with Gasteiger partial charge in [0.1, 0.15) is 5.82 Å². The first-order valence-electron chi connectivity index (χ1n) is 5.26. The molecule has 1 fully saturated rings. The number of halogens is 1. The van der Waals surface area contributed by atoms with E-state index in [1.807, 2.05) is 0 Å². The monoisotopic (exact) mass is 240 g/mol. The van der Waals surface area contributed by atoms with E-state index in [1.165, 1.54) is 6.20 Å². The number of rotatable bonds is 2. The second-order valence-corrected chi connectivity index (χ2v) is 4.06. The Balaban J connectivity index is 1.96. The van der Waals surface area contributed by atoms with Crippen molar-refractivity contribution in [3.8, 4) is 0 Å². The van der Waals surface area contributed by atoms with Crippen molar-refractivity contribution >= 4 is 23.3 Å². The number of aromatic nitrogens is 2. The predicted molar refractivity (Wildman–Crippen MR) is 61.3 cm³/mol. The van der Waals surface area contributed by atoms with Crippen LogP contribution in [0.5, 0.6) is 0 Å². The molecule has 2 heterocycles. The van der Waals surface area contributed by atoms with Crippen LogP contribution in [0.2, 0.25) is 5.28 Å². The van der Waals surface area contributed by atoms with Crippen molar-refractivity contribution < 1.29 is 4.79 Å². The van der Waals surface area contributed by atoms with Crippen LogP contribution in [0.15, 0.2) is 12.3 Å². The Labute approximate surface area is 98.6 Å². The predicted octanol–water partition coefficient (Wildman–Crippen LogP) is 1.07. The van der Waals surface area contributed by atoms with Gasteiger partial charge in [0.2, 0.25) is 11.2 Å². The highest BCUT2D eigenvalue weighted by molar-refractivity contribution is 6.28. The fraction of sp³-hybridized carbons (Fsp3) is 0.500. The lowest BCUT2D eigenvalue weighted by atomic mass is 9.97. The molecule has 1 aromatic rings. The lowest BCUT2D eigenvalue weighted by Gasteiger charge is -2.21. The maximum Gasteiger partial charge on any atom is 0.228 e. The van der Waals surface area contributed by atoms with Crippen molar-refractivity contribution in [1.82, 2.24) is 15.3 Å². The molecule has 6 heteroatoms. The standard InChI is InChI=1S/C10H13ClN4O/c11-10-13-6-3-8(15-10)14-9(16)7-1-4-12-5-2-7/h3,6-7,12H,1-2,4-5H2,(H,13,14,15,16). The summed E-state index contributed by atoms with van der Waals surface area (Å²) >= 11 is 5.63. The highest BCUT2D eigenvalue weighted by Gasteiger charge is 2.21. The van der Waals surface area contributed by atoms with E-state index < -0.39 is 0 Å². The van der Waals surface area contributed by atoms with E-state index in [0.717, 1.165) is 25.9 Å². The highest BCUT2D eigenvalue weighted by atomic mass is 35.5. The minimum atomic E-state index is 0.0104. The lowest BCUT2D eigenvalue weighted by molar-refractivity contribution is -0.120. The molecule has 5 nitrogen and oxygen atoms in total. The van der Waals surface area contributed by atoms with E-state index in [4.69, 9.17) is 11.6 Å². The maximum atomic E-state index is 11.8. The molecule has 86 valence electrons. The zero-order valence-electron chi connectivity index (χ0n) is 8.74. The number of anilines is 1. The molecule has 2 rings (SSSR count). The maximum absolute atomic E-state index is 11.8. The summed E-state index contributed by atoms with van der Waals surface area (Å²) in [6.45, 7) is 1.78. The number of hydrogen-bond donors (Lipinski definition) is 2. The second-order valence-electron chi connectivity index (χ2n) is 3.72. The van der Waals surface area contributed by atoms with Gasteiger partial charge in [-0.15, -0.1) is 0 Å². The molecule has 2 N–H and O–H groups in total. The summed E-state index contributed by atoms with van der Waals surface area (Å²) in [6, 6.07) is 1.63. The molecule has 1 aromatic heterocycles. The number of amides is 1. The van der Waals surface area contributed by atoms with E-state index >= 15 is 0 Å². The first-order chi connectivity index (χ1) is 7.75. The molecule has 0 saturated carbocycles. The largest absolute Gasteiger partial charge is 0.317 e. The normalized spacial score (nSPS) is 17.1. The van der Waals surface area contributed by atoms with Gasteiger partial charge in [0.15, 0.2) is 0 Å². The molecule has 1 aliphatic rings. The van der Waals surface area contributed by atoms with Gasteiger partial charge in [-0.1, -0.05) is 0 Å². The van der Waals surface area contributed by atoms with Crippen LogP contribution < -0.4 is 10.6 Å². The Morgan fingerprint density at radius 1 is 1.50 bits per heavy atom. The Bertz CT molecular complexity index is 379. The summed E-state index contributed by atoms with van der Waals surface area (Å²) in [7, 11) is 0. The number of piperidine rings is 1. The fourth-order valence-corrected chi connectivity index (χ4v) is 1.86. The minimum Gasteiger partial charge on any atom is -0.317 e. The smallest absolute Gasteiger partial charge is 0.228 e. The minimum absolute atomic E-state index is 0.0104.